The van der Waals surface area contributed by atoms with Crippen molar-refractivity contribution in [3.8, 4) is 5.75 Å². The SMILES string of the molecule is COc1ccnc(CNC(C)C)c1. The van der Waals surface area contributed by atoms with E-state index in [9.17, 15) is 0 Å². The zero-order valence-electron chi connectivity index (χ0n) is 8.37. The predicted molar refractivity (Wildman–Crippen MR) is 52.8 cm³/mol. The first-order chi connectivity index (χ1) is 6.22. The highest BCUT2D eigenvalue weighted by Crippen LogP contribution is 2.09. The summed E-state index contributed by atoms with van der Waals surface area (Å²) >= 11 is 0. The molecule has 0 aliphatic carbocycles. The van der Waals surface area contributed by atoms with Gasteiger partial charge in [0.2, 0.25) is 0 Å². The van der Waals surface area contributed by atoms with E-state index in [0.29, 0.717) is 6.04 Å². The molecule has 0 bridgehead atoms. The lowest BCUT2D eigenvalue weighted by Gasteiger charge is -2.07. The molecule has 0 amide bonds. The standard InChI is InChI=1S/C10H16N2O/c1-8(2)12-7-9-6-10(13-3)4-5-11-9/h4-6,8,12H,7H2,1-3H3. The van der Waals surface area contributed by atoms with Crippen LogP contribution in [0.15, 0.2) is 18.3 Å². The van der Waals surface area contributed by atoms with E-state index in [2.05, 4.69) is 24.1 Å². The van der Waals surface area contributed by atoms with Gasteiger partial charge in [0.25, 0.3) is 0 Å². The Balaban J connectivity index is 2.56. The number of aromatic nitrogens is 1. The van der Waals surface area contributed by atoms with E-state index in [1.807, 2.05) is 12.1 Å². The summed E-state index contributed by atoms with van der Waals surface area (Å²) < 4.78 is 5.09. The van der Waals surface area contributed by atoms with Gasteiger partial charge in [0.05, 0.1) is 12.8 Å². The molecule has 0 atom stereocenters. The number of pyridine rings is 1. The highest BCUT2D eigenvalue weighted by atomic mass is 16.5. The van der Waals surface area contributed by atoms with Crippen LogP contribution in [0.2, 0.25) is 0 Å². The Labute approximate surface area is 79.1 Å². The zero-order valence-corrected chi connectivity index (χ0v) is 8.37. The summed E-state index contributed by atoms with van der Waals surface area (Å²) in [5.41, 5.74) is 1.01. The van der Waals surface area contributed by atoms with Gasteiger partial charge in [-0.05, 0) is 6.07 Å². The van der Waals surface area contributed by atoms with Gasteiger partial charge in [0.15, 0.2) is 0 Å². The molecule has 3 heteroatoms. The normalized spacial score (nSPS) is 10.5. The summed E-state index contributed by atoms with van der Waals surface area (Å²) in [4.78, 5) is 4.22. The molecule has 1 N–H and O–H groups in total. The minimum absolute atomic E-state index is 0.480. The Bertz CT molecular complexity index is 261. The summed E-state index contributed by atoms with van der Waals surface area (Å²) in [7, 11) is 1.66. The number of hydrogen-bond donors (Lipinski definition) is 1. The first-order valence-electron chi connectivity index (χ1n) is 4.44. The van der Waals surface area contributed by atoms with Crippen molar-refractivity contribution >= 4 is 0 Å². The topological polar surface area (TPSA) is 34.1 Å². The second kappa shape index (κ2) is 4.82. The van der Waals surface area contributed by atoms with Gasteiger partial charge in [-0.1, -0.05) is 13.8 Å². The van der Waals surface area contributed by atoms with Gasteiger partial charge < -0.3 is 10.1 Å². The Morgan fingerprint density at radius 3 is 2.92 bits per heavy atom. The van der Waals surface area contributed by atoms with Crippen LogP contribution in [-0.4, -0.2) is 18.1 Å². The molecular weight excluding hydrogens is 164 g/mol. The number of methoxy groups -OCH3 is 1. The maximum atomic E-state index is 5.09. The number of nitrogens with zero attached hydrogens (tertiary/aromatic N) is 1. The number of ether oxygens (including phenoxy) is 1. The monoisotopic (exact) mass is 180 g/mol. The molecule has 72 valence electrons. The largest absolute Gasteiger partial charge is 0.497 e. The van der Waals surface area contributed by atoms with Gasteiger partial charge >= 0.3 is 0 Å². The molecule has 0 aliphatic heterocycles. The van der Waals surface area contributed by atoms with Gasteiger partial charge in [0.1, 0.15) is 5.75 Å². The average molecular weight is 180 g/mol. The molecule has 1 aromatic heterocycles. The summed E-state index contributed by atoms with van der Waals surface area (Å²) in [6.07, 6.45) is 1.76. The fraction of sp³-hybridized carbons (Fsp3) is 0.500. The molecular formula is C10H16N2O. The van der Waals surface area contributed by atoms with Crippen molar-refractivity contribution in [2.45, 2.75) is 26.4 Å². The van der Waals surface area contributed by atoms with Gasteiger partial charge in [-0.3, -0.25) is 4.98 Å². The molecule has 3 nitrogen and oxygen atoms in total. The molecule has 13 heavy (non-hydrogen) atoms. The lowest BCUT2D eigenvalue weighted by atomic mass is 10.3. The molecule has 0 radical (unpaired) electrons. The third-order valence-corrected chi connectivity index (χ3v) is 1.72. The second-order valence-corrected chi connectivity index (χ2v) is 3.22. The fourth-order valence-electron chi connectivity index (χ4n) is 0.988. The van der Waals surface area contributed by atoms with Crippen LogP contribution < -0.4 is 10.1 Å². The number of hydrogen-bond acceptors (Lipinski definition) is 3. The van der Waals surface area contributed by atoms with Crippen molar-refractivity contribution in [3.63, 3.8) is 0 Å². The van der Waals surface area contributed by atoms with Crippen LogP contribution in [0.4, 0.5) is 0 Å². The predicted octanol–water partition coefficient (Wildman–Crippen LogP) is 1.59. The van der Waals surface area contributed by atoms with Crippen LogP contribution in [0.1, 0.15) is 19.5 Å². The van der Waals surface area contributed by atoms with Crippen LogP contribution >= 0.6 is 0 Å². The highest BCUT2D eigenvalue weighted by Gasteiger charge is 1.97. The quantitative estimate of drug-likeness (QED) is 0.764. The van der Waals surface area contributed by atoms with Crippen LogP contribution in [-0.2, 0) is 6.54 Å². The third-order valence-electron chi connectivity index (χ3n) is 1.72. The molecule has 0 unspecified atom stereocenters. The van der Waals surface area contributed by atoms with E-state index in [1.54, 1.807) is 13.3 Å². The Morgan fingerprint density at radius 1 is 1.54 bits per heavy atom. The molecule has 0 saturated carbocycles. The van der Waals surface area contributed by atoms with Crippen molar-refractivity contribution in [1.29, 1.82) is 0 Å². The maximum Gasteiger partial charge on any atom is 0.122 e. The lowest BCUT2D eigenvalue weighted by Crippen LogP contribution is -2.22. The molecule has 0 aliphatic rings. The third kappa shape index (κ3) is 3.42. The van der Waals surface area contributed by atoms with E-state index in [1.165, 1.54) is 0 Å². The first kappa shape index (κ1) is 9.99. The van der Waals surface area contributed by atoms with Gasteiger partial charge in [-0.25, -0.2) is 0 Å². The molecule has 1 heterocycles. The minimum Gasteiger partial charge on any atom is -0.497 e. The molecule has 0 aromatic carbocycles. The Kier molecular flexibility index (Phi) is 3.71. The average Bonchev–Trinajstić information content (AvgIpc) is 2.15. The minimum atomic E-state index is 0.480. The van der Waals surface area contributed by atoms with Crippen molar-refractivity contribution in [2.75, 3.05) is 7.11 Å². The van der Waals surface area contributed by atoms with Crippen molar-refractivity contribution in [3.05, 3.63) is 24.0 Å². The first-order valence-corrected chi connectivity index (χ1v) is 4.44. The maximum absolute atomic E-state index is 5.09. The molecule has 0 saturated heterocycles. The van der Waals surface area contributed by atoms with E-state index in [0.717, 1.165) is 18.0 Å². The Morgan fingerprint density at radius 2 is 2.31 bits per heavy atom. The summed E-state index contributed by atoms with van der Waals surface area (Å²) in [5, 5.41) is 3.30. The number of nitrogens with one attached hydrogen (secondary N) is 1. The molecule has 0 fully saturated rings. The number of rotatable bonds is 4. The lowest BCUT2D eigenvalue weighted by molar-refractivity contribution is 0.413. The zero-order chi connectivity index (χ0) is 9.68. The van der Waals surface area contributed by atoms with Crippen LogP contribution in [0.5, 0.6) is 5.75 Å². The summed E-state index contributed by atoms with van der Waals surface area (Å²) in [6, 6.07) is 4.27. The van der Waals surface area contributed by atoms with Crippen LogP contribution in [0, 0.1) is 0 Å². The van der Waals surface area contributed by atoms with Gasteiger partial charge in [0, 0.05) is 24.8 Å². The van der Waals surface area contributed by atoms with E-state index in [-0.39, 0.29) is 0 Å². The smallest absolute Gasteiger partial charge is 0.122 e. The molecule has 0 spiro atoms. The van der Waals surface area contributed by atoms with E-state index >= 15 is 0 Å². The van der Waals surface area contributed by atoms with Crippen LogP contribution in [0.25, 0.3) is 0 Å². The van der Waals surface area contributed by atoms with Gasteiger partial charge in [-0.15, -0.1) is 0 Å². The van der Waals surface area contributed by atoms with Crippen molar-refractivity contribution in [2.24, 2.45) is 0 Å². The molecule has 1 aromatic rings. The van der Waals surface area contributed by atoms with Crippen molar-refractivity contribution < 1.29 is 4.74 Å². The van der Waals surface area contributed by atoms with Crippen LogP contribution in [0.3, 0.4) is 0 Å². The van der Waals surface area contributed by atoms with E-state index in [4.69, 9.17) is 4.74 Å². The second-order valence-electron chi connectivity index (χ2n) is 3.22. The van der Waals surface area contributed by atoms with Crippen molar-refractivity contribution in [1.82, 2.24) is 10.3 Å². The molecule has 1 rings (SSSR count). The summed E-state index contributed by atoms with van der Waals surface area (Å²) in [5.74, 6) is 0.857. The Hall–Kier alpha value is -1.09. The highest BCUT2D eigenvalue weighted by molar-refractivity contribution is 5.22. The van der Waals surface area contributed by atoms with Gasteiger partial charge in [-0.2, -0.15) is 0 Å². The summed E-state index contributed by atoms with van der Waals surface area (Å²) in [6.45, 7) is 5.01. The fourth-order valence-corrected chi connectivity index (χ4v) is 0.988. The van der Waals surface area contributed by atoms with E-state index < -0.39 is 0 Å².